The second-order valence-corrected chi connectivity index (χ2v) is 9.09. The first kappa shape index (κ1) is 25.7. The molecule has 1 fully saturated rings. The van der Waals surface area contributed by atoms with Crippen molar-refractivity contribution in [2.24, 2.45) is 0 Å². The van der Waals surface area contributed by atoms with Gasteiger partial charge in [0.1, 0.15) is 17.1 Å². The van der Waals surface area contributed by atoms with Gasteiger partial charge in [-0.05, 0) is 67.6 Å². The van der Waals surface area contributed by atoms with Crippen LogP contribution in [0.1, 0.15) is 21.7 Å². The zero-order valence-corrected chi connectivity index (χ0v) is 21.6. The van der Waals surface area contributed by atoms with Gasteiger partial charge in [-0.15, -0.1) is 0 Å². The van der Waals surface area contributed by atoms with Crippen molar-refractivity contribution in [2.75, 3.05) is 16.9 Å². The molecule has 194 valence electrons. The number of hydrogen-bond donors (Lipinski definition) is 0. The van der Waals surface area contributed by atoms with E-state index in [1.165, 1.54) is 25.3 Å². The summed E-state index contributed by atoms with van der Waals surface area (Å²) < 4.78 is 10.7. The molecule has 1 aromatic heterocycles. The number of ether oxygens (including phenoxy) is 1. The summed E-state index contributed by atoms with van der Waals surface area (Å²) >= 11 is 6.34. The lowest BCUT2D eigenvalue weighted by molar-refractivity contribution is -0.121. The summed E-state index contributed by atoms with van der Waals surface area (Å²) in [5.41, 5.74) is 2.01. The number of furan rings is 1. The van der Waals surface area contributed by atoms with Crippen molar-refractivity contribution >= 4 is 52.9 Å². The van der Waals surface area contributed by atoms with Gasteiger partial charge in [0.15, 0.2) is 0 Å². The standard InChI is InChI=1S/C30H21ClN2O6/c1-18-8-11-21(12-9-18)33-28(35)24(27(34)32(30(33)37)20-6-4-3-5-7-20)17-22-13-15-26(39-22)23-16-19(29(36)38-2)10-14-25(23)31/h3-17H,1-2H3/b24-17+. The molecule has 9 heteroatoms. The number of amides is 4. The molecule has 39 heavy (non-hydrogen) atoms. The molecule has 1 saturated heterocycles. The molecule has 0 bridgehead atoms. The molecule has 0 N–H and O–H groups in total. The van der Waals surface area contributed by atoms with Crippen LogP contribution in [-0.2, 0) is 14.3 Å². The summed E-state index contributed by atoms with van der Waals surface area (Å²) in [6, 6.07) is 22.1. The predicted octanol–water partition coefficient (Wildman–Crippen LogP) is 6.28. The second kappa shape index (κ2) is 10.4. The molecule has 0 saturated carbocycles. The number of urea groups is 1. The van der Waals surface area contributed by atoms with Gasteiger partial charge in [0.2, 0.25) is 0 Å². The Labute approximate surface area is 228 Å². The van der Waals surface area contributed by atoms with Gasteiger partial charge in [0, 0.05) is 5.56 Å². The summed E-state index contributed by atoms with van der Waals surface area (Å²) in [5, 5.41) is 0.326. The number of methoxy groups -OCH3 is 1. The van der Waals surface area contributed by atoms with Crippen LogP contribution in [0.15, 0.2) is 94.9 Å². The van der Waals surface area contributed by atoms with Gasteiger partial charge in [-0.2, -0.15) is 0 Å². The van der Waals surface area contributed by atoms with Gasteiger partial charge in [-0.3, -0.25) is 9.59 Å². The van der Waals surface area contributed by atoms with Crippen molar-refractivity contribution in [3.63, 3.8) is 0 Å². The Balaban J connectivity index is 1.58. The maximum absolute atomic E-state index is 13.6. The first-order valence-electron chi connectivity index (χ1n) is 11.8. The first-order chi connectivity index (χ1) is 18.8. The van der Waals surface area contributed by atoms with Crippen molar-refractivity contribution in [1.29, 1.82) is 0 Å². The Morgan fingerprint density at radius 2 is 1.49 bits per heavy atom. The fourth-order valence-corrected chi connectivity index (χ4v) is 4.34. The van der Waals surface area contributed by atoms with E-state index in [0.717, 1.165) is 15.4 Å². The average Bonchev–Trinajstić information content (AvgIpc) is 3.41. The van der Waals surface area contributed by atoms with Crippen LogP contribution in [0.2, 0.25) is 5.02 Å². The molecule has 3 aromatic carbocycles. The fourth-order valence-electron chi connectivity index (χ4n) is 4.13. The number of para-hydroxylation sites is 1. The predicted molar refractivity (Wildman–Crippen MR) is 146 cm³/mol. The first-order valence-corrected chi connectivity index (χ1v) is 12.2. The molecule has 8 nitrogen and oxygen atoms in total. The number of esters is 1. The Morgan fingerprint density at radius 1 is 0.846 bits per heavy atom. The molecule has 0 spiro atoms. The Bertz CT molecular complexity index is 1640. The normalized spacial score (nSPS) is 14.7. The Hall–Kier alpha value is -4.95. The Morgan fingerprint density at radius 3 is 2.13 bits per heavy atom. The number of imide groups is 2. The number of rotatable bonds is 5. The lowest BCUT2D eigenvalue weighted by atomic mass is 10.1. The van der Waals surface area contributed by atoms with Crippen molar-refractivity contribution in [3.8, 4) is 11.3 Å². The highest BCUT2D eigenvalue weighted by Crippen LogP contribution is 2.33. The lowest BCUT2D eigenvalue weighted by Crippen LogP contribution is -2.57. The molecule has 4 aromatic rings. The third-order valence-corrected chi connectivity index (χ3v) is 6.45. The van der Waals surface area contributed by atoms with Gasteiger partial charge < -0.3 is 9.15 Å². The number of nitrogens with zero attached hydrogens (tertiary/aromatic N) is 2. The van der Waals surface area contributed by atoms with Crippen LogP contribution in [0.4, 0.5) is 16.2 Å². The SMILES string of the molecule is COC(=O)c1ccc(Cl)c(-c2ccc(/C=C3\C(=O)N(c4ccccc4)C(=O)N(c4ccc(C)cc4)C3=O)o2)c1. The summed E-state index contributed by atoms with van der Waals surface area (Å²) in [4.78, 5) is 54.5. The Kier molecular flexibility index (Phi) is 6.87. The highest BCUT2D eigenvalue weighted by molar-refractivity contribution is 6.46. The van der Waals surface area contributed by atoms with Gasteiger partial charge in [0.25, 0.3) is 11.8 Å². The molecule has 1 aliphatic heterocycles. The third kappa shape index (κ3) is 4.85. The monoisotopic (exact) mass is 540 g/mol. The van der Waals surface area contributed by atoms with Crippen LogP contribution in [0.5, 0.6) is 0 Å². The lowest BCUT2D eigenvalue weighted by Gasteiger charge is -2.33. The van der Waals surface area contributed by atoms with Crippen molar-refractivity contribution in [2.45, 2.75) is 6.92 Å². The van der Waals surface area contributed by atoms with Gasteiger partial charge in [0.05, 0.1) is 29.1 Å². The van der Waals surface area contributed by atoms with E-state index in [-0.39, 0.29) is 16.9 Å². The average molecular weight is 541 g/mol. The molecule has 1 aliphatic rings. The quantitative estimate of drug-likeness (QED) is 0.168. The van der Waals surface area contributed by atoms with Crippen LogP contribution < -0.4 is 9.80 Å². The van der Waals surface area contributed by atoms with Gasteiger partial charge in [-0.25, -0.2) is 19.4 Å². The summed E-state index contributed by atoms with van der Waals surface area (Å²) in [6.07, 6.45) is 1.29. The van der Waals surface area contributed by atoms with Crippen LogP contribution in [0.25, 0.3) is 17.4 Å². The van der Waals surface area contributed by atoms with E-state index in [4.69, 9.17) is 20.8 Å². The number of benzene rings is 3. The molecule has 0 radical (unpaired) electrons. The molecule has 4 amide bonds. The summed E-state index contributed by atoms with van der Waals surface area (Å²) in [5.74, 6) is -1.64. The maximum atomic E-state index is 13.6. The number of aryl methyl sites for hydroxylation is 1. The van der Waals surface area contributed by atoms with E-state index < -0.39 is 23.8 Å². The number of hydrogen-bond acceptors (Lipinski definition) is 6. The summed E-state index contributed by atoms with van der Waals surface area (Å²) in [7, 11) is 1.27. The molecule has 0 atom stereocenters. The van der Waals surface area contributed by atoms with Crippen LogP contribution in [-0.4, -0.2) is 30.9 Å². The minimum atomic E-state index is -0.789. The number of carbonyl (C=O) groups excluding carboxylic acids is 4. The highest BCUT2D eigenvalue weighted by atomic mass is 35.5. The molecular formula is C30H21ClN2O6. The van der Waals surface area contributed by atoms with E-state index in [0.29, 0.717) is 27.7 Å². The van der Waals surface area contributed by atoms with Gasteiger partial charge >= 0.3 is 12.0 Å². The van der Waals surface area contributed by atoms with Crippen LogP contribution >= 0.6 is 11.6 Å². The third-order valence-electron chi connectivity index (χ3n) is 6.12. The smallest absolute Gasteiger partial charge is 0.343 e. The van der Waals surface area contributed by atoms with E-state index >= 15 is 0 Å². The van der Waals surface area contributed by atoms with Gasteiger partial charge in [-0.1, -0.05) is 47.5 Å². The minimum absolute atomic E-state index is 0.174. The van der Waals surface area contributed by atoms with Crippen molar-refractivity contribution in [3.05, 3.63) is 112 Å². The second-order valence-electron chi connectivity index (χ2n) is 8.68. The van der Waals surface area contributed by atoms with E-state index in [9.17, 15) is 19.2 Å². The summed E-state index contributed by atoms with van der Waals surface area (Å²) in [6.45, 7) is 1.89. The number of anilines is 2. The number of barbiturate groups is 1. The zero-order valence-electron chi connectivity index (χ0n) is 20.9. The molecule has 2 heterocycles. The number of carbonyl (C=O) groups is 4. The molecular weight excluding hydrogens is 520 g/mol. The molecule has 0 aliphatic carbocycles. The van der Waals surface area contributed by atoms with Crippen LogP contribution in [0.3, 0.4) is 0 Å². The van der Waals surface area contributed by atoms with Crippen LogP contribution in [0, 0.1) is 6.92 Å². The highest BCUT2D eigenvalue weighted by Gasteiger charge is 2.43. The molecule has 5 rings (SSSR count). The maximum Gasteiger partial charge on any atom is 0.343 e. The van der Waals surface area contributed by atoms with Crippen molar-refractivity contribution in [1.82, 2.24) is 0 Å². The fraction of sp³-hybridized carbons (Fsp3) is 0.0667. The topological polar surface area (TPSA) is 97.1 Å². The van der Waals surface area contributed by atoms with E-state index in [1.807, 2.05) is 6.92 Å². The molecule has 0 unspecified atom stereocenters. The minimum Gasteiger partial charge on any atom is -0.465 e. The van der Waals surface area contributed by atoms with Crippen molar-refractivity contribution < 1.29 is 28.3 Å². The zero-order chi connectivity index (χ0) is 27.7. The van der Waals surface area contributed by atoms with E-state index in [2.05, 4.69) is 0 Å². The number of halogens is 1. The largest absolute Gasteiger partial charge is 0.465 e. The van der Waals surface area contributed by atoms with E-state index in [1.54, 1.807) is 72.8 Å².